The highest BCUT2D eigenvalue weighted by Gasteiger charge is 2.16. The van der Waals surface area contributed by atoms with Gasteiger partial charge in [0, 0.05) is 6.42 Å². The van der Waals surface area contributed by atoms with Gasteiger partial charge in [-0.3, -0.25) is 0 Å². The Balaban J connectivity index is 2.32. The van der Waals surface area contributed by atoms with E-state index in [1.807, 2.05) is 0 Å². The van der Waals surface area contributed by atoms with Crippen LogP contribution in [0.3, 0.4) is 0 Å². The van der Waals surface area contributed by atoms with E-state index in [-0.39, 0.29) is 0 Å². The third-order valence-corrected chi connectivity index (χ3v) is 3.05. The molecule has 0 N–H and O–H groups in total. The molecule has 4 heteroatoms. The van der Waals surface area contributed by atoms with Crippen molar-refractivity contribution in [3.05, 3.63) is 12.3 Å². The quantitative estimate of drug-likeness (QED) is 0.537. The average molecular weight is 218 g/mol. The molecule has 0 radical (unpaired) electrons. The van der Waals surface area contributed by atoms with Crippen LogP contribution in [0.5, 0.6) is 0 Å². The molecular formula is C10H18O3S. The summed E-state index contributed by atoms with van der Waals surface area (Å²) in [7, 11) is -3.37. The number of hydrogen-bond donors (Lipinski definition) is 0. The zero-order valence-electron chi connectivity index (χ0n) is 8.66. The SMILES string of the molecule is C=C(CC1CCCCC1)OS(C)(=O)=O. The molecule has 0 heterocycles. The number of hydrogen-bond acceptors (Lipinski definition) is 3. The Morgan fingerprint density at radius 2 is 1.93 bits per heavy atom. The molecule has 1 fully saturated rings. The fourth-order valence-electron chi connectivity index (χ4n) is 1.96. The zero-order valence-corrected chi connectivity index (χ0v) is 9.48. The molecule has 1 rings (SSSR count). The van der Waals surface area contributed by atoms with Crippen LogP contribution < -0.4 is 0 Å². The first-order valence-electron chi connectivity index (χ1n) is 5.04. The molecule has 82 valence electrons. The van der Waals surface area contributed by atoms with Gasteiger partial charge in [-0.05, 0) is 5.92 Å². The summed E-state index contributed by atoms with van der Waals surface area (Å²) in [5.41, 5.74) is 0. The van der Waals surface area contributed by atoms with Gasteiger partial charge in [0.2, 0.25) is 0 Å². The van der Waals surface area contributed by atoms with E-state index in [4.69, 9.17) is 4.18 Å². The van der Waals surface area contributed by atoms with Crippen molar-refractivity contribution in [2.45, 2.75) is 38.5 Å². The van der Waals surface area contributed by atoms with Crippen molar-refractivity contribution in [3.63, 3.8) is 0 Å². The third-order valence-electron chi connectivity index (χ3n) is 2.51. The minimum absolute atomic E-state index is 0.388. The molecule has 0 aromatic heterocycles. The molecule has 0 aromatic carbocycles. The van der Waals surface area contributed by atoms with Crippen molar-refractivity contribution < 1.29 is 12.6 Å². The van der Waals surface area contributed by atoms with Crippen LogP contribution in [-0.4, -0.2) is 14.7 Å². The predicted octanol–water partition coefficient (Wildman–Crippen LogP) is 2.45. The van der Waals surface area contributed by atoms with Gasteiger partial charge in [0.15, 0.2) is 0 Å². The predicted molar refractivity (Wildman–Crippen MR) is 56.3 cm³/mol. The van der Waals surface area contributed by atoms with Crippen molar-refractivity contribution in [1.29, 1.82) is 0 Å². The fraction of sp³-hybridized carbons (Fsp3) is 0.800. The number of rotatable bonds is 4. The summed E-state index contributed by atoms with van der Waals surface area (Å²) in [6.07, 6.45) is 7.88. The molecular weight excluding hydrogens is 200 g/mol. The molecule has 0 aliphatic heterocycles. The lowest BCUT2D eigenvalue weighted by atomic mass is 9.87. The second-order valence-corrected chi connectivity index (χ2v) is 5.61. The van der Waals surface area contributed by atoms with E-state index in [0.717, 1.165) is 6.26 Å². The van der Waals surface area contributed by atoms with E-state index in [0.29, 0.717) is 18.1 Å². The van der Waals surface area contributed by atoms with Crippen LogP contribution in [-0.2, 0) is 14.3 Å². The smallest absolute Gasteiger partial charge is 0.305 e. The summed E-state index contributed by atoms with van der Waals surface area (Å²) >= 11 is 0. The van der Waals surface area contributed by atoms with Gasteiger partial charge in [0.1, 0.15) is 5.76 Å². The van der Waals surface area contributed by atoms with Crippen molar-refractivity contribution in [2.75, 3.05) is 6.26 Å². The standard InChI is InChI=1S/C10H18O3S/c1-9(13-14(2,11)12)8-10-6-4-3-5-7-10/h10H,1,3-8H2,2H3. The highest BCUT2D eigenvalue weighted by Crippen LogP contribution is 2.28. The van der Waals surface area contributed by atoms with Gasteiger partial charge in [0.25, 0.3) is 0 Å². The first-order chi connectivity index (χ1) is 6.47. The van der Waals surface area contributed by atoms with Crippen molar-refractivity contribution in [1.82, 2.24) is 0 Å². The molecule has 1 aliphatic rings. The summed E-state index contributed by atoms with van der Waals surface area (Å²) in [5.74, 6) is 0.956. The monoisotopic (exact) mass is 218 g/mol. The highest BCUT2D eigenvalue weighted by atomic mass is 32.2. The van der Waals surface area contributed by atoms with Crippen LogP contribution in [0, 0.1) is 5.92 Å². The van der Waals surface area contributed by atoms with Crippen LogP contribution in [0.25, 0.3) is 0 Å². The maximum absolute atomic E-state index is 10.8. The van der Waals surface area contributed by atoms with Crippen LogP contribution in [0.1, 0.15) is 38.5 Å². The molecule has 0 unspecified atom stereocenters. The van der Waals surface area contributed by atoms with Crippen LogP contribution in [0.2, 0.25) is 0 Å². The third kappa shape index (κ3) is 4.65. The summed E-state index contributed by atoms with van der Waals surface area (Å²) in [6.45, 7) is 3.63. The Bertz CT molecular complexity index is 286. The topological polar surface area (TPSA) is 43.4 Å². The van der Waals surface area contributed by atoms with E-state index in [9.17, 15) is 8.42 Å². The molecule has 14 heavy (non-hydrogen) atoms. The van der Waals surface area contributed by atoms with Gasteiger partial charge in [-0.1, -0.05) is 38.7 Å². The maximum Gasteiger partial charge on any atom is 0.305 e. The van der Waals surface area contributed by atoms with Gasteiger partial charge >= 0.3 is 10.1 Å². The summed E-state index contributed by atoms with van der Waals surface area (Å²) in [5, 5.41) is 0. The van der Waals surface area contributed by atoms with Crippen molar-refractivity contribution in [2.24, 2.45) is 5.92 Å². The van der Waals surface area contributed by atoms with Gasteiger partial charge in [0.05, 0.1) is 6.26 Å². The Morgan fingerprint density at radius 3 is 2.43 bits per heavy atom. The van der Waals surface area contributed by atoms with Gasteiger partial charge in [-0.2, -0.15) is 8.42 Å². The first kappa shape index (κ1) is 11.6. The number of allylic oxidation sites excluding steroid dienone is 1. The molecule has 0 spiro atoms. The zero-order chi connectivity index (χ0) is 10.6. The minimum Gasteiger partial charge on any atom is -0.388 e. The molecule has 0 saturated heterocycles. The van der Waals surface area contributed by atoms with Crippen molar-refractivity contribution in [3.8, 4) is 0 Å². The van der Waals surface area contributed by atoms with E-state index in [1.54, 1.807) is 0 Å². The lowest BCUT2D eigenvalue weighted by molar-refractivity contribution is 0.309. The van der Waals surface area contributed by atoms with Crippen LogP contribution in [0.15, 0.2) is 12.3 Å². The molecule has 1 aliphatic carbocycles. The lowest BCUT2D eigenvalue weighted by Crippen LogP contribution is -2.10. The molecule has 3 nitrogen and oxygen atoms in total. The highest BCUT2D eigenvalue weighted by molar-refractivity contribution is 7.86. The Kier molecular flexibility index (Phi) is 3.98. The maximum atomic E-state index is 10.8. The van der Waals surface area contributed by atoms with Crippen LogP contribution >= 0.6 is 0 Å². The van der Waals surface area contributed by atoms with E-state index >= 15 is 0 Å². The molecule has 0 amide bonds. The van der Waals surface area contributed by atoms with E-state index < -0.39 is 10.1 Å². The Hall–Kier alpha value is -0.510. The first-order valence-corrected chi connectivity index (χ1v) is 6.86. The van der Waals surface area contributed by atoms with Crippen LogP contribution in [0.4, 0.5) is 0 Å². The summed E-state index contributed by atoms with van der Waals surface area (Å²) in [6, 6.07) is 0. The molecule has 0 atom stereocenters. The molecule has 1 saturated carbocycles. The summed E-state index contributed by atoms with van der Waals surface area (Å²) < 4.78 is 26.3. The van der Waals surface area contributed by atoms with E-state index in [1.165, 1.54) is 32.1 Å². The van der Waals surface area contributed by atoms with Gasteiger partial charge in [-0.15, -0.1) is 0 Å². The molecule has 0 bridgehead atoms. The van der Waals surface area contributed by atoms with E-state index in [2.05, 4.69) is 6.58 Å². The average Bonchev–Trinajstić information content (AvgIpc) is 2.02. The minimum atomic E-state index is -3.37. The Labute approximate surface area is 86.3 Å². The Morgan fingerprint density at radius 1 is 1.36 bits per heavy atom. The second kappa shape index (κ2) is 4.82. The molecule has 0 aromatic rings. The lowest BCUT2D eigenvalue weighted by Gasteiger charge is -2.21. The fourth-order valence-corrected chi connectivity index (χ4v) is 2.46. The van der Waals surface area contributed by atoms with Gasteiger partial charge < -0.3 is 4.18 Å². The van der Waals surface area contributed by atoms with Crippen molar-refractivity contribution >= 4 is 10.1 Å². The normalized spacial score (nSPS) is 19.2. The second-order valence-electron chi connectivity index (χ2n) is 4.03. The largest absolute Gasteiger partial charge is 0.388 e. The summed E-state index contributed by atoms with van der Waals surface area (Å²) in [4.78, 5) is 0. The van der Waals surface area contributed by atoms with Gasteiger partial charge in [-0.25, -0.2) is 0 Å².